The average Bonchev–Trinajstić information content (AvgIpc) is 2.25. The van der Waals surface area contributed by atoms with Crippen molar-refractivity contribution in [3.63, 3.8) is 0 Å². The van der Waals surface area contributed by atoms with Gasteiger partial charge < -0.3 is 4.74 Å². The fourth-order valence-corrected chi connectivity index (χ4v) is 2.20. The Bertz CT molecular complexity index is 596. The Morgan fingerprint density at radius 2 is 2.11 bits per heavy atom. The molecule has 0 fully saturated rings. The van der Waals surface area contributed by atoms with Crippen LogP contribution in [0.1, 0.15) is 18.1 Å². The van der Waals surface area contributed by atoms with Gasteiger partial charge in [-0.05, 0) is 12.5 Å². The minimum atomic E-state index is -4.12. The van der Waals surface area contributed by atoms with Gasteiger partial charge in [0.15, 0.2) is 0 Å². The minimum Gasteiger partial charge on any atom is -0.434 e. The van der Waals surface area contributed by atoms with Crippen molar-refractivity contribution in [1.82, 2.24) is 0 Å². The van der Waals surface area contributed by atoms with E-state index in [0.29, 0.717) is 0 Å². The van der Waals surface area contributed by atoms with Crippen LogP contribution < -0.4 is 4.74 Å². The molecule has 18 heavy (non-hydrogen) atoms. The van der Waals surface area contributed by atoms with Crippen LogP contribution in [0.3, 0.4) is 0 Å². The fourth-order valence-electron chi connectivity index (χ4n) is 1.43. The summed E-state index contributed by atoms with van der Waals surface area (Å²) in [6.45, 7) is -1.49. The Hall–Kier alpha value is -1.39. The van der Waals surface area contributed by atoms with E-state index in [1.165, 1.54) is 0 Å². The lowest BCUT2D eigenvalue weighted by Crippen LogP contribution is -2.07. The molecule has 0 N–H and O–H groups in total. The van der Waals surface area contributed by atoms with Gasteiger partial charge >= 0.3 is 6.61 Å². The third-order valence-electron chi connectivity index (χ3n) is 2.15. The lowest BCUT2D eigenvalue weighted by molar-refractivity contribution is -0.0505. The highest BCUT2D eigenvalue weighted by molar-refractivity contribution is 8.13. The van der Waals surface area contributed by atoms with Gasteiger partial charge in [-0.15, -0.1) is 0 Å². The van der Waals surface area contributed by atoms with E-state index in [4.69, 9.17) is 15.9 Å². The van der Waals surface area contributed by atoms with Gasteiger partial charge in [0.1, 0.15) is 5.75 Å². The summed E-state index contributed by atoms with van der Waals surface area (Å²) in [5.41, 5.74) is 0.150. The topological polar surface area (TPSA) is 67.2 Å². The molecular formula is C10H8ClF2NO3S. The zero-order valence-electron chi connectivity index (χ0n) is 9.15. The first-order valence-corrected chi connectivity index (χ1v) is 7.07. The summed E-state index contributed by atoms with van der Waals surface area (Å²) in [5, 5.41) is 8.87. The van der Waals surface area contributed by atoms with Crippen LogP contribution in [0.2, 0.25) is 0 Å². The molecule has 0 spiro atoms. The van der Waals surface area contributed by atoms with Crippen LogP contribution in [-0.2, 0) is 15.5 Å². The van der Waals surface area contributed by atoms with Gasteiger partial charge in [-0.1, -0.05) is 6.92 Å². The summed E-state index contributed by atoms with van der Waals surface area (Å²) >= 11 is 0. The molecule has 0 aliphatic heterocycles. The molecule has 0 heterocycles. The predicted octanol–water partition coefficient (Wildman–Crippen LogP) is 2.65. The number of benzene rings is 1. The van der Waals surface area contributed by atoms with Crippen molar-refractivity contribution < 1.29 is 21.9 Å². The molecule has 1 rings (SSSR count). The molecular weight excluding hydrogens is 288 g/mol. The highest BCUT2D eigenvalue weighted by atomic mass is 35.7. The van der Waals surface area contributed by atoms with Crippen molar-refractivity contribution in [3.8, 4) is 11.8 Å². The fraction of sp³-hybridized carbons (Fsp3) is 0.300. The number of alkyl halides is 2. The third kappa shape index (κ3) is 3.31. The first kappa shape index (κ1) is 14.7. The van der Waals surface area contributed by atoms with Crippen molar-refractivity contribution in [1.29, 1.82) is 5.26 Å². The molecule has 0 aliphatic rings. The molecule has 98 valence electrons. The summed E-state index contributed by atoms with van der Waals surface area (Å²) in [4.78, 5) is -0.450. The van der Waals surface area contributed by atoms with Crippen LogP contribution in [-0.4, -0.2) is 15.0 Å². The lowest BCUT2D eigenvalue weighted by Gasteiger charge is -2.12. The van der Waals surface area contributed by atoms with E-state index in [1.807, 2.05) is 0 Å². The molecule has 8 heteroatoms. The van der Waals surface area contributed by atoms with Gasteiger partial charge in [0.2, 0.25) is 0 Å². The molecule has 0 aliphatic carbocycles. The highest BCUT2D eigenvalue weighted by Gasteiger charge is 2.19. The Morgan fingerprint density at radius 3 is 2.50 bits per heavy atom. The van der Waals surface area contributed by atoms with E-state index in [-0.39, 0.29) is 23.3 Å². The van der Waals surface area contributed by atoms with Gasteiger partial charge in [-0.3, -0.25) is 0 Å². The van der Waals surface area contributed by atoms with Gasteiger partial charge in [-0.25, -0.2) is 8.42 Å². The Labute approximate surface area is 107 Å². The van der Waals surface area contributed by atoms with Gasteiger partial charge in [0.25, 0.3) is 9.05 Å². The summed E-state index contributed by atoms with van der Waals surface area (Å²) < 4.78 is 50.9. The van der Waals surface area contributed by atoms with Crippen LogP contribution in [0, 0.1) is 11.3 Å². The van der Waals surface area contributed by atoms with Crippen LogP contribution >= 0.6 is 10.7 Å². The number of hydrogen-bond donors (Lipinski definition) is 0. The molecule has 4 nitrogen and oxygen atoms in total. The van der Waals surface area contributed by atoms with E-state index >= 15 is 0 Å². The van der Waals surface area contributed by atoms with Gasteiger partial charge in [-0.2, -0.15) is 14.0 Å². The number of halogens is 3. The smallest absolute Gasteiger partial charge is 0.387 e. The van der Waals surface area contributed by atoms with Crippen LogP contribution in [0.25, 0.3) is 0 Å². The first-order chi connectivity index (χ1) is 8.29. The second-order valence-electron chi connectivity index (χ2n) is 3.23. The van der Waals surface area contributed by atoms with Crippen LogP contribution in [0.5, 0.6) is 5.75 Å². The first-order valence-electron chi connectivity index (χ1n) is 4.76. The molecule has 0 atom stereocenters. The Kier molecular flexibility index (Phi) is 4.48. The Morgan fingerprint density at radius 1 is 1.50 bits per heavy atom. The standard InChI is InChI=1S/C10H8ClF2NO3S/c1-2-8-6(5-14)3-7(18(11,15)16)4-9(8)17-10(12)13/h3-4,10H,2H2,1H3. The highest BCUT2D eigenvalue weighted by Crippen LogP contribution is 2.30. The molecule has 1 aromatic rings. The molecule has 0 saturated carbocycles. The van der Waals surface area contributed by atoms with Gasteiger partial charge in [0, 0.05) is 22.3 Å². The molecule has 0 radical (unpaired) electrons. The average molecular weight is 296 g/mol. The van der Waals surface area contributed by atoms with Crippen LogP contribution in [0.15, 0.2) is 17.0 Å². The van der Waals surface area contributed by atoms with E-state index in [2.05, 4.69) is 4.74 Å². The quantitative estimate of drug-likeness (QED) is 0.801. The van der Waals surface area contributed by atoms with E-state index in [0.717, 1.165) is 12.1 Å². The summed E-state index contributed by atoms with van der Waals surface area (Å²) in [6, 6.07) is 3.64. The van der Waals surface area contributed by atoms with Crippen molar-refractivity contribution in [2.24, 2.45) is 0 Å². The molecule has 0 amide bonds. The number of hydrogen-bond acceptors (Lipinski definition) is 4. The number of ether oxygens (including phenoxy) is 1. The number of rotatable bonds is 4. The van der Waals surface area contributed by atoms with Crippen molar-refractivity contribution >= 4 is 19.7 Å². The van der Waals surface area contributed by atoms with Crippen molar-refractivity contribution in [2.45, 2.75) is 24.9 Å². The van der Waals surface area contributed by atoms with E-state index in [1.54, 1.807) is 13.0 Å². The second-order valence-corrected chi connectivity index (χ2v) is 5.80. The summed E-state index contributed by atoms with van der Waals surface area (Å²) in [6.07, 6.45) is 0.244. The molecule has 0 saturated heterocycles. The zero-order chi connectivity index (χ0) is 13.9. The molecule has 0 unspecified atom stereocenters. The number of nitrogens with zero attached hydrogens (tertiary/aromatic N) is 1. The Balaban J connectivity index is 3.52. The van der Waals surface area contributed by atoms with E-state index in [9.17, 15) is 17.2 Å². The zero-order valence-corrected chi connectivity index (χ0v) is 10.7. The largest absolute Gasteiger partial charge is 0.434 e. The van der Waals surface area contributed by atoms with Gasteiger partial charge in [0.05, 0.1) is 16.5 Å². The summed E-state index contributed by atoms with van der Waals surface area (Å²) in [7, 11) is 0.989. The molecule has 1 aromatic carbocycles. The third-order valence-corrected chi connectivity index (χ3v) is 3.49. The lowest BCUT2D eigenvalue weighted by atomic mass is 10.1. The maximum atomic E-state index is 12.2. The van der Waals surface area contributed by atoms with E-state index < -0.39 is 20.6 Å². The van der Waals surface area contributed by atoms with Crippen molar-refractivity contribution in [2.75, 3.05) is 0 Å². The maximum Gasteiger partial charge on any atom is 0.387 e. The molecule has 0 bridgehead atoms. The normalized spacial score (nSPS) is 11.3. The SMILES string of the molecule is CCc1c(C#N)cc(S(=O)(=O)Cl)cc1OC(F)F. The molecule has 0 aromatic heterocycles. The predicted molar refractivity (Wildman–Crippen MR) is 60.2 cm³/mol. The monoisotopic (exact) mass is 295 g/mol. The number of nitriles is 1. The van der Waals surface area contributed by atoms with Crippen LogP contribution in [0.4, 0.5) is 8.78 Å². The maximum absolute atomic E-state index is 12.2. The minimum absolute atomic E-state index is 0.0603. The van der Waals surface area contributed by atoms with Crippen molar-refractivity contribution in [3.05, 3.63) is 23.3 Å². The second kappa shape index (κ2) is 5.50. The summed E-state index contributed by atoms with van der Waals surface area (Å²) in [5.74, 6) is -0.356.